The highest BCUT2D eigenvalue weighted by atomic mass is 16.7. The molecule has 3 fully saturated rings. The average Bonchev–Trinajstić information content (AvgIpc) is 3.33. The molecule has 2 aliphatic heterocycles. The van der Waals surface area contributed by atoms with E-state index in [1.54, 1.807) is 13.8 Å². The van der Waals surface area contributed by atoms with E-state index in [9.17, 15) is 35.1 Å². The van der Waals surface area contributed by atoms with Crippen LogP contribution in [-0.2, 0) is 28.5 Å². The van der Waals surface area contributed by atoms with Gasteiger partial charge in [0.25, 0.3) is 0 Å². The average molecular weight is 539 g/mol. The zero-order chi connectivity index (χ0) is 28.0. The van der Waals surface area contributed by atoms with Crippen molar-refractivity contribution in [3.63, 3.8) is 0 Å². The SMILES string of the molecule is C=C1C(=O)O[C@@H]2[C@H]3C(C)=C(O[C@@H]4O[C@H](CO)[C@@H](O)[C@H](O)[C@H]4O)C[C@H]3C(=C)C[C@@H](OC(=O)[C@H](O)[C@@H](C)CC)[C@@H]12. The molecule has 4 rings (SSSR count). The van der Waals surface area contributed by atoms with Crippen LogP contribution in [0.3, 0.4) is 0 Å². The van der Waals surface area contributed by atoms with Gasteiger partial charge in [0.1, 0.15) is 36.6 Å². The zero-order valence-corrected chi connectivity index (χ0v) is 21.9. The normalized spacial score (nSPS) is 40.7. The molecule has 0 unspecified atom stereocenters. The van der Waals surface area contributed by atoms with E-state index in [-0.39, 0.29) is 23.8 Å². The highest BCUT2D eigenvalue weighted by Crippen LogP contribution is 2.53. The number of allylic oxidation sites excluding steroid dienone is 1. The van der Waals surface area contributed by atoms with Crippen LogP contribution in [0.4, 0.5) is 0 Å². The third kappa shape index (κ3) is 4.91. The van der Waals surface area contributed by atoms with Gasteiger partial charge in [-0.25, -0.2) is 9.59 Å². The number of carbonyl (C=O) groups is 2. The Kier molecular flexibility index (Phi) is 8.37. The van der Waals surface area contributed by atoms with Crippen LogP contribution in [-0.4, -0.2) is 93.1 Å². The first-order valence-electron chi connectivity index (χ1n) is 13.0. The molecule has 11 heteroatoms. The number of hydrogen-bond donors (Lipinski definition) is 5. The van der Waals surface area contributed by atoms with E-state index in [1.807, 2.05) is 6.92 Å². The predicted octanol–water partition coefficient (Wildman–Crippen LogP) is 0.0895. The Morgan fingerprint density at radius 1 is 1.13 bits per heavy atom. The molecule has 0 radical (unpaired) electrons. The summed E-state index contributed by atoms with van der Waals surface area (Å²) < 4.78 is 23.0. The van der Waals surface area contributed by atoms with Gasteiger partial charge < -0.3 is 44.5 Å². The maximum absolute atomic E-state index is 12.7. The summed E-state index contributed by atoms with van der Waals surface area (Å²) >= 11 is 0. The fraction of sp³-hybridized carbons (Fsp3) is 0.704. The number of hydrogen-bond acceptors (Lipinski definition) is 11. The van der Waals surface area contributed by atoms with Gasteiger partial charge in [-0.1, -0.05) is 39.0 Å². The molecule has 212 valence electrons. The van der Waals surface area contributed by atoms with E-state index < -0.39 is 79.4 Å². The number of aliphatic hydroxyl groups is 5. The van der Waals surface area contributed by atoms with Crippen molar-refractivity contribution in [2.24, 2.45) is 23.7 Å². The van der Waals surface area contributed by atoms with E-state index in [4.69, 9.17) is 18.9 Å². The molecular weight excluding hydrogens is 500 g/mol. The molecule has 12 atom stereocenters. The second-order valence-electron chi connectivity index (χ2n) is 10.8. The molecular formula is C27H38O11. The van der Waals surface area contributed by atoms with Crippen molar-refractivity contribution in [2.45, 2.75) is 89.1 Å². The summed E-state index contributed by atoms with van der Waals surface area (Å²) in [6.07, 6.45) is -8.85. The first-order chi connectivity index (χ1) is 17.9. The molecule has 38 heavy (non-hydrogen) atoms. The molecule has 11 nitrogen and oxygen atoms in total. The molecule has 0 aromatic rings. The van der Waals surface area contributed by atoms with Gasteiger partial charge in [0.05, 0.1) is 18.3 Å². The van der Waals surface area contributed by atoms with E-state index in [2.05, 4.69) is 13.2 Å². The Morgan fingerprint density at radius 2 is 1.82 bits per heavy atom. The van der Waals surface area contributed by atoms with E-state index in [1.165, 1.54) is 0 Å². The number of esters is 2. The van der Waals surface area contributed by atoms with Gasteiger partial charge in [0.15, 0.2) is 6.10 Å². The van der Waals surface area contributed by atoms with Crippen molar-refractivity contribution in [3.05, 3.63) is 35.6 Å². The summed E-state index contributed by atoms with van der Waals surface area (Å²) in [5.74, 6) is -2.53. The van der Waals surface area contributed by atoms with Gasteiger partial charge in [-0.3, -0.25) is 0 Å². The Morgan fingerprint density at radius 3 is 2.45 bits per heavy atom. The molecule has 5 N–H and O–H groups in total. The minimum absolute atomic E-state index is 0.176. The summed E-state index contributed by atoms with van der Waals surface area (Å²) in [6, 6.07) is 0. The first kappa shape index (κ1) is 28.7. The van der Waals surface area contributed by atoms with Gasteiger partial charge >= 0.3 is 11.9 Å². The van der Waals surface area contributed by atoms with Crippen molar-refractivity contribution in [1.82, 2.24) is 0 Å². The van der Waals surface area contributed by atoms with Crippen LogP contribution < -0.4 is 0 Å². The van der Waals surface area contributed by atoms with Crippen molar-refractivity contribution in [3.8, 4) is 0 Å². The van der Waals surface area contributed by atoms with Gasteiger partial charge in [-0.05, 0) is 24.3 Å². The van der Waals surface area contributed by atoms with Crippen molar-refractivity contribution >= 4 is 11.9 Å². The third-order valence-corrected chi connectivity index (χ3v) is 8.58. The zero-order valence-electron chi connectivity index (χ0n) is 21.9. The van der Waals surface area contributed by atoms with Gasteiger partial charge in [0, 0.05) is 24.3 Å². The van der Waals surface area contributed by atoms with Crippen LogP contribution in [0.25, 0.3) is 0 Å². The summed E-state index contributed by atoms with van der Waals surface area (Å²) in [4.78, 5) is 25.4. The minimum Gasteiger partial charge on any atom is -0.466 e. The summed E-state index contributed by atoms with van der Waals surface area (Å²) in [7, 11) is 0. The van der Waals surface area contributed by atoms with Crippen LogP contribution >= 0.6 is 0 Å². The lowest BCUT2D eigenvalue weighted by Crippen LogP contribution is -2.59. The van der Waals surface area contributed by atoms with E-state index in [0.29, 0.717) is 24.2 Å². The third-order valence-electron chi connectivity index (χ3n) is 8.58. The molecule has 0 aromatic heterocycles. The Hall–Kier alpha value is -2.28. The molecule has 2 heterocycles. The lowest BCUT2D eigenvalue weighted by Gasteiger charge is -2.40. The lowest BCUT2D eigenvalue weighted by molar-refractivity contribution is -0.292. The smallest absolute Gasteiger partial charge is 0.335 e. The van der Waals surface area contributed by atoms with Crippen molar-refractivity contribution in [2.75, 3.05) is 6.61 Å². The summed E-state index contributed by atoms with van der Waals surface area (Å²) in [5.41, 5.74) is 1.61. The number of fused-ring (bicyclic) bond motifs is 3. The topological polar surface area (TPSA) is 172 Å². The molecule has 0 bridgehead atoms. The minimum atomic E-state index is -1.58. The van der Waals surface area contributed by atoms with Crippen LogP contribution in [0.15, 0.2) is 35.6 Å². The fourth-order valence-electron chi connectivity index (χ4n) is 5.96. The van der Waals surface area contributed by atoms with Crippen molar-refractivity contribution < 1.29 is 54.1 Å². The van der Waals surface area contributed by atoms with Crippen LogP contribution in [0.5, 0.6) is 0 Å². The number of carbonyl (C=O) groups excluding carboxylic acids is 2. The van der Waals surface area contributed by atoms with E-state index in [0.717, 1.165) is 5.57 Å². The fourth-order valence-corrected chi connectivity index (χ4v) is 5.96. The molecule has 0 spiro atoms. The molecule has 0 aromatic carbocycles. The Balaban J connectivity index is 1.60. The molecule has 0 amide bonds. The second kappa shape index (κ2) is 11.1. The standard InChI is InChI=1S/C27H38O11/c1-6-10(2)20(29)26(34)35-16-7-11(3)14-8-15(12(4)18(14)24-19(16)13(5)25(33)38-24)36-27-23(32)22(31)21(30)17(9-28)37-27/h10,14,16-24,27-32H,3,5-9H2,1-2,4H3/t10-,14-,16+,17+,18-,19+,20+,21+,22-,23+,24+,27+/m0/s1. The second-order valence-corrected chi connectivity index (χ2v) is 10.8. The molecule has 2 aliphatic carbocycles. The maximum atomic E-state index is 12.7. The maximum Gasteiger partial charge on any atom is 0.335 e. The Labute approximate surface area is 221 Å². The summed E-state index contributed by atoms with van der Waals surface area (Å²) in [5, 5.41) is 50.5. The number of aliphatic hydroxyl groups excluding tert-OH is 5. The summed E-state index contributed by atoms with van der Waals surface area (Å²) in [6.45, 7) is 12.9. The van der Waals surface area contributed by atoms with Gasteiger partial charge in [-0.2, -0.15) is 0 Å². The van der Waals surface area contributed by atoms with Crippen LogP contribution in [0.1, 0.15) is 40.0 Å². The number of ether oxygens (including phenoxy) is 4. The monoisotopic (exact) mass is 538 g/mol. The van der Waals surface area contributed by atoms with Crippen LogP contribution in [0.2, 0.25) is 0 Å². The Bertz CT molecular complexity index is 1000. The quantitative estimate of drug-likeness (QED) is 0.169. The molecule has 1 saturated carbocycles. The lowest BCUT2D eigenvalue weighted by atomic mass is 9.80. The highest BCUT2D eigenvalue weighted by Gasteiger charge is 2.56. The predicted molar refractivity (Wildman–Crippen MR) is 131 cm³/mol. The van der Waals surface area contributed by atoms with Crippen molar-refractivity contribution in [1.29, 1.82) is 0 Å². The van der Waals surface area contributed by atoms with Crippen LogP contribution in [0, 0.1) is 23.7 Å². The highest BCUT2D eigenvalue weighted by molar-refractivity contribution is 5.91. The van der Waals surface area contributed by atoms with Gasteiger partial charge in [0.2, 0.25) is 6.29 Å². The van der Waals surface area contributed by atoms with E-state index >= 15 is 0 Å². The largest absolute Gasteiger partial charge is 0.466 e. The molecule has 4 aliphatic rings. The number of rotatable bonds is 7. The first-order valence-corrected chi connectivity index (χ1v) is 13.0. The van der Waals surface area contributed by atoms with Gasteiger partial charge in [-0.15, -0.1) is 0 Å². The molecule has 2 saturated heterocycles.